The molecule has 2 fully saturated rings. The van der Waals surface area contributed by atoms with Gasteiger partial charge in [0.2, 0.25) is 0 Å². The summed E-state index contributed by atoms with van der Waals surface area (Å²) in [7, 11) is 1.84. The van der Waals surface area contributed by atoms with Gasteiger partial charge in [0.1, 0.15) is 0 Å². The molecule has 0 spiro atoms. The standard InChI is InChI=1S/C14H28N4.HI/c1-14(2,3)17-13(15-4)16-9-11-7-8-18(10-11)12-5-6-12;/h11-12H,5-10H2,1-4H3,(H2,15,16,17);1H. The van der Waals surface area contributed by atoms with E-state index in [1.165, 1.54) is 32.4 Å². The van der Waals surface area contributed by atoms with E-state index in [1.807, 2.05) is 7.05 Å². The van der Waals surface area contributed by atoms with Crippen LogP contribution in [-0.4, -0.2) is 49.1 Å². The van der Waals surface area contributed by atoms with Gasteiger partial charge in [-0.2, -0.15) is 0 Å². The highest BCUT2D eigenvalue weighted by Crippen LogP contribution is 2.31. The zero-order valence-corrected chi connectivity index (χ0v) is 15.0. The van der Waals surface area contributed by atoms with Crippen molar-refractivity contribution in [2.24, 2.45) is 10.9 Å². The summed E-state index contributed by atoms with van der Waals surface area (Å²) in [5, 5.41) is 6.86. The smallest absolute Gasteiger partial charge is 0.191 e. The molecule has 0 bridgehead atoms. The van der Waals surface area contributed by atoms with Crippen molar-refractivity contribution in [3.8, 4) is 0 Å². The van der Waals surface area contributed by atoms with Crippen LogP contribution in [0.1, 0.15) is 40.0 Å². The largest absolute Gasteiger partial charge is 0.356 e. The predicted molar refractivity (Wildman–Crippen MR) is 92.4 cm³/mol. The SMILES string of the molecule is CN=C(NCC1CCN(C2CC2)C1)NC(C)(C)C.I. The number of halogens is 1. The molecule has 1 atom stereocenters. The predicted octanol–water partition coefficient (Wildman–Crippen LogP) is 2.05. The van der Waals surface area contributed by atoms with Crippen LogP contribution in [0.2, 0.25) is 0 Å². The van der Waals surface area contributed by atoms with Crippen molar-refractivity contribution in [1.29, 1.82) is 0 Å². The van der Waals surface area contributed by atoms with Crippen molar-refractivity contribution in [2.45, 2.75) is 51.6 Å². The van der Waals surface area contributed by atoms with Crippen LogP contribution in [0, 0.1) is 5.92 Å². The Kier molecular flexibility index (Phi) is 6.36. The van der Waals surface area contributed by atoms with E-state index in [0.717, 1.165) is 24.5 Å². The molecule has 1 unspecified atom stereocenters. The third-order valence-electron chi connectivity index (χ3n) is 3.66. The first-order valence-corrected chi connectivity index (χ1v) is 7.21. The molecule has 0 radical (unpaired) electrons. The first kappa shape index (κ1) is 17.0. The lowest BCUT2D eigenvalue weighted by Gasteiger charge is -2.24. The molecule has 1 heterocycles. The van der Waals surface area contributed by atoms with Gasteiger partial charge >= 0.3 is 0 Å². The fraction of sp³-hybridized carbons (Fsp3) is 0.929. The number of hydrogen-bond acceptors (Lipinski definition) is 2. The highest BCUT2D eigenvalue weighted by molar-refractivity contribution is 14.0. The number of nitrogens with one attached hydrogen (secondary N) is 2. The van der Waals surface area contributed by atoms with E-state index >= 15 is 0 Å². The molecule has 0 aromatic heterocycles. The Labute approximate surface area is 134 Å². The molecular weight excluding hydrogens is 351 g/mol. The minimum Gasteiger partial charge on any atom is -0.356 e. The first-order chi connectivity index (χ1) is 8.48. The maximum atomic E-state index is 4.28. The van der Waals surface area contributed by atoms with Crippen LogP contribution in [0.15, 0.2) is 4.99 Å². The van der Waals surface area contributed by atoms with Gasteiger partial charge in [0, 0.05) is 31.7 Å². The maximum Gasteiger partial charge on any atom is 0.191 e. The van der Waals surface area contributed by atoms with Gasteiger partial charge in [-0.25, -0.2) is 0 Å². The minimum atomic E-state index is 0. The molecule has 2 N–H and O–H groups in total. The summed E-state index contributed by atoms with van der Waals surface area (Å²) >= 11 is 0. The number of hydrogen-bond donors (Lipinski definition) is 2. The zero-order valence-electron chi connectivity index (χ0n) is 12.7. The molecule has 1 saturated carbocycles. The topological polar surface area (TPSA) is 39.7 Å². The monoisotopic (exact) mass is 380 g/mol. The van der Waals surface area contributed by atoms with E-state index in [0.29, 0.717) is 0 Å². The zero-order chi connectivity index (χ0) is 13.2. The molecule has 1 saturated heterocycles. The van der Waals surface area contributed by atoms with E-state index in [1.54, 1.807) is 0 Å². The van der Waals surface area contributed by atoms with Gasteiger partial charge in [-0.1, -0.05) is 0 Å². The molecule has 1 aliphatic heterocycles. The fourth-order valence-electron chi connectivity index (χ4n) is 2.58. The Balaban J connectivity index is 0.00000180. The quantitative estimate of drug-likeness (QED) is 0.447. The van der Waals surface area contributed by atoms with E-state index < -0.39 is 0 Å². The second kappa shape index (κ2) is 7.11. The van der Waals surface area contributed by atoms with Gasteiger partial charge in [-0.05, 0) is 52.5 Å². The van der Waals surface area contributed by atoms with E-state index in [4.69, 9.17) is 0 Å². The van der Waals surface area contributed by atoms with E-state index in [-0.39, 0.29) is 29.5 Å². The molecule has 19 heavy (non-hydrogen) atoms. The van der Waals surface area contributed by atoms with Crippen LogP contribution in [0.4, 0.5) is 0 Å². The summed E-state index contributed by atoms with van der Waals surface area (Å²) in [4.78, 5) is 6.94. The van der Waals surface area contributed by atoms with Crippen molar-refractivity contribution >= 4 is 29.9 Å². The van der Waals surface area contributed by atoms with Gasteiger partial charge in [-0.3, -0.25) is 4.99 Å². The van der Waals surface area contributed by atoms with Gasteiger partial charge < -0.3 is 15.5 Å². The molecule has 0 aromatic rings. The Bertz CT molecular complexity index is 307. The Morgan fingerprint density at radius 3 is 2.47 bits per heavy atom. The summed E-state index contributed by atoms with van der Waals surface area (Å²) in [5.41, 5.74) is 0.0670. The molecular formula is C14H29IN4. The van der Waals surface area contributed by atoms with Crippen LogP contribution >= 0.6 is 24.0 Å². The number of nitrogens with zero attached hydrogens (tertiary/aromatic N) is 2. The summed E-state index contributed by atoms with van der Waals surface area (Å²) < 4.78 is 0. The highest BCUT2D eigenvalue weighted by atomic mass is 127. The summed E-state index contributed by atoms with van der Waals surface area (Å²) in [6.45, 7) is 10.1. The summed E-state index contributed by atoms with van der Waals surface area (Å²) in [5.74, 6) is 1.71. The first-order valence-electron chi connectivity index (χ1n) is 7.21. The third kappa shape index (κ3) is 5.85. The molecule has 2 aliphatic rings. The number of guanidine groups is 1. The second-order valence-electron chi connectivity index (χ2n) is 6.71. The molecule has 0 amide bonds. The molecule has 112 valence electrons. The maximum absolute atomic E-state index is 4.28. The second-order valence-corrected chi connectivity index (χ2v) is 6.71. The molecule has 0 aromatic carbocycles. The molecule has 5 heteroatoms. The van der Waals surface area contributed by atoms with Crippen LogP contribution < -0.4 is 10.6 Å². The Morgan fingerprint density at radius 1 is 1.26 bits per heavy atom. The lowest BCUT2D eigenvalue weighted by molar-refractivity contribution is 0.314. The van der Waals surface area contributed by atoms with Crippen molar-refractivity contribution < 1.29 is 0 Å². The Morgan fingerprint density at radius 2 is 1.95 bits per heavy atom. The molecule has 1 aliphatic carbocycles. The van der Waals surface area contributed by atoms with Crippen LogP contribution in [-0.2, 0) is 0 Å². The Hall–Kier alpha value is -0.0400. The third-order valence-corrected chi connectivity index (χ3v) is 3.66. The number of likely N-dealkylation sites (tertiary alicyclic amines) is 1. The fourth-order valence-corrected chi connectivity index (χ4v) is 2.58. The number of rotatable bonds is 3. The van der Waals surface area contributed by atoms with Crippen LogP contribution in [0.25, 0.3) is 0 Å². The van der Waals surface area contributed by atoms with Gasteiger partial charge in [0.05, 0.1) is 0 Å². The summed E-state index contributed by atoms with van der Waals surface area (Å²) in [6.07, 6.45) is 4.18. The van der Waals surface area contributed by atoms with Crippen LogP contribution in [0.5, 0.6) is 0 Å². The van der Waals surface area contributed by atoms with E-state index in [2.05, 4.69) is 41.3 Å². The normalized spacial score (nSPS) is 25.1. The van der Waals surface area contributed by atoms with Gasteiger partial charge in [-0.15, -0.1) is 24.0 Å². The number of aliphatic imine (C=N–C) groups is 1. The van der Waals surface area contributed by atoms with Crippen molar-refractivity contribution in [1.82, 2.24) is 15.5 Å². The van der Waals surface area contributed by atoms with Gasteiger partial charge in [0.25, 0.3) is 0 Å². The van der Waals surface area contributed by atoms with Crippen LogP contribution in [0.3, 0.4) is 0 Å². The van der Waals surface area contributed by atoms with Gasteiger partial charge in [0.15, 0.2) is 5.96 Å². The molecule has 4 nitrogen and oxygen atoms in total. The average Bonchev–Trinajstić information content (AvgIpc) is 3.03. The molecule has 2 rings (SSSR count). The minimum absolute atomic E-state index is 0. The lowest BCUT2D eigenvalue weighted by Crippen LogP contribution is -2.48. The highest BCUT2D eigenvalue weighted by Gasteiger charge is 2.34. The summed E-state index contributed by atoms with van der Waals surface area (Å²) in [6, 6.07) is 0.919. The average molecular weight is 380 g/mol. The lowest BCUT2D eigenvalue weighted by atomic mass is 10.1. The van der Waals surface area contributed by atoms with Crippen molar-refractivity contribution in [3.63, 3.8) is 0 Å². The van der Waals surface area contributed by atoms with Crippen molar-refractivity contribution in [3.05, 3.63) is 0 Å². The van der Waals surface area contributed by atoms with E-state index in [9.17, 15) is 0 Å². The van der Waals surface area contributed by atoms with Crippen molar-refractivity contribution in [2.75, 3.05) is 26.7 Å².